The van der Waals surface area contributed by atoms with Crippen molar-refractivity contribution in [3.05, 3.63) is 82.4 Å². The fourth-order valence-electron chi connectivity index (χ4n) is 5.66. The highest BCUT2D eigenvalue weighted by atomic mass is 32.1. The van der Waals surface area contributed by atoms with E-state index in [-0.39, 0.29) is 18.2 Å². The van der Waals surface area contributed by atoms with Crippen molar-refractivity contribution in [3.63, 3.8) is 0 Å². The Labute approximate surface area is 215 Å². The quantitative estimate of drug-likeness (QED) is 0.327. The highest BCUT2D eigenvalue weighted by molar-refractivity contribution is 7.07. The number of hydrogen-bond acceptors (Lipinski definition) is 5. The van der Waals surface area contributed by atoms with Crippen LogP contribution >= 0.6 is 11.3 Å². The number of para-hydroxylation sites is 1. The first-order chi connectivity index (χ1) is 17.8. The predicted molar refractivity (Wildman–Crippen MR) is 134 cm³/mol. The van der Waals surface area contributed by atoms with Crippen molar-refractivity contribution in [2.45, 2.75) is 19.5 Å². The molecule has 2 unspecified atom stereocenters. The summed E-state index contributed by atoms with van der Waals surface area (Å²) in [4.78, 5) is 24.9. The second-order valence-corrected chi connectivity index (χ2v) is 10.5. The van der Waals surface area contributed by atoms with E-state index < -0.39 is 6.36 Å². The summed E-state index contributed by atoms with van der Waals surface area (Å²) in [5.74, 6) is 0.898. The van der Waals surface area contributed by atoms with E-state index in [0.29, 0.717) is 35.6 Å². The first-order valence-corrected chi connectivity index (χ1v) is 13.1. The lowest BCUT2D eigenvalue weighted by Gasteiger charge is -2.25. The van der Waals surface area contributed by atoms with E-state index in [1.54, 1.807) is 21.9 Å². The molecule has 2 aliphatic rings. The summed E-state index contributed by atoms with van der Waals surface area (Å²) in [5, 5.41) is 2.95. The van der Waals surface area contributed by atoms with E-state index in [0.717, 1.165) is 25.2 Å². The lowest BCUT2D eigenvalue weighted by atomic mass is 10.1. The second-order valence-electron chi connectivity index (χ2n) is 9.80. The SMILES string of the molecule is O=C(c1cscn1)N(Cc1cccc(OC(F)(F)F)c1)CC1C2CN(Cc3c[nH]c4ccccc34)CC21. The largest absolute Gasteiger partial charge is 0.573 e. The minimum atomic E-state index is -4.77. The van der Waals surface area contributed by atoms with Crippen molar-refractivity contribution in [2.24, 2.45) is 17.8 Å². The highest BCUT2D eigenvalue weighted by Crippen LogP contribution is 2.52. The Kier molecular flexibility index (Phi) is 6.16. The van der Waals surface area contributed by atoms with Crippen molar-refractivity contribution in [2.75, 3.05) is 19.6 Å². The summed E-state index contributed by atoms with van der Waals surface area (Å²) in [6.07, 6.45) is -2.68. The molecule has 0 radical (unpaired) electrons. The molecule has 0 bridgehead atoms. The molecular weight excluding hydrogens is 501 g/mol. The number of ether oxygens (including phenoxy) is 1. The van der Waals surface area contributed by atoms with Crippen LogP contribution in [0.1, 0.15) is 21.6 Å². The number of fused-ring (bicyclic) bond motifs is 2. The van der Waals surface area contributed by atoms with Crippen LogP contribution in [0.5, 0.6) is 5.75 Å². The molecule has 192 valence electrons. The number of nitrogens with zero attached hydrogens (tertiary/aromatic N) is 3. The van der Waals surface area contributed by atoms with Crippen molar-refractivity contribution in [1.82, 2.24) is 19.8 Å². The summed E-state index contributed by atoms with van der Waals surface area (Å²) in [6.45, 7) is 3.58. The molecule has 1 aliphatic heterocycles. The van der Waals surface area contributed by atoms with Gasteiger partial charge in [0.15, 0.2) is 0 Å². The number of halogens is 3. The van der Waals surface area contributed by atoms with Gasteiger partial charge in [-0.25, -0.2) is 4.98 Å². The van der Waals surface area contributed by atoms with Gasteiger partial charge in [-0.1, -0.05) is 30.3 Å². The zero-order valence-corrected chi connectivity index (χ0v) is 20.6. The average molecular weight is 527 g/mol. The van der Waals surface area contributed by atoms with E-state index in [2.05, 4.69) is 44.0 Å². The molecule has 2 fully saturated rings. The van der Waals surface area contributed by atoms with Gasteiger partial charge in [-0.2, -0.15) is 0 Å². The second kappa shape index (κ2) is 9.50. The number of alkyl halides is 3. The number of H-pyrrole nitrogens is 1. The van der Waals surface area contributed by atoms with E-state index in [4.69, 9.17) is 0 Å². The number of amides is 1. The Morgan fingerprint density at radius 2 is 1.97 bits per heavy atom. The number of carbonyl (C=O) groups is 1. The molecule has 37 heavy (non-hydrogen) atoms. The van der Waals surface area contributed by atoms with Gasteiger partial charge in [0.2, 0.25) is 0 Å². The molecule has 1 aliphatic carbocycles. The van der Waals surface area contributed by atoms with Crippen LogP contribution in [0.2, 0.25) is 0 Å². The van der Waals surface area contributed by atoms with Crippen molar-refractivity contribution < 1.29 is 22.7 Å². The number of benzene rings is 2. The third kappa shape index (κ3) is 5.21. The first-order valence-electron chi connectivity index (χ1n) is 12.1. The van der Waals surface area contributed by atoms with Crippen LogP contribution in [0.15, 0.2) is 65.6 Å². The van der Waals surface area contributed by atoms with Gasteiger partial charge in [0.1, 0.15) is 11.4 Å². The number of hydrogen-bond donors (Lipinski definition) is 1. The van der Waals surface area contributed by atoms with Crippen molar-refractivity contribution >= 4 is 28.1 Å². The standard InChI is InChI=1S/C27H25F3N4O2S/c28-27(29,30)36-19-5-3-4-17(8-19)10-34(26(35)25-15-37-16-32-25)14-23-21-12-33(13-22(21)23)11-18-9-31-24-7-2-1-6-20(18)24/h1-9,15-16,21-23,31H,10-14H2. The maximum atomic E-state index is 13.3. The Morgan fingerprint density at radius 1 is 1.16 bits per heavy atom. The zero-order chi connectivity index (χ0) is 25.6. The van der Waals surface area contributed by atoms with Crippen LogP contribution in [-0.2, 0) is 13.1 Å². The summed E-state index contributed by atoms with van der Waals surface area (Å²) < 4.78 is 42.1. The minimum absolute atomic E-state index is 0.195. The first kappa shape index (κ1) is 24.0. The molecule has 6 rings (SSSR count). The molecule has 1 saturated carbocycles. The smallest absolute Gasteiger partial charge is 0.406 e. The third-order valence-corrected chi connectivity index (χ3v) is 7.98. The molecule has 10 heteroatoms. The van der Waals surface area contributed by atoms with E-state index in [1.165, 1.54) is 40.5 Å². The van der Waals surface area contributed by atoms with Crippen LogP contribution in [0.25, 0.3) is 10.9 Å². The Morgan fingerprint density at radius 3 is 2.73 bits per heavy atom. The van der Waals surface area contributed by atoms with Crippen LogP contribution < -0.4 is 4.74 Å². The van der Waals surface area contributed by atoms with Crippen molar-refractivity contribution in [3.8, 4) is 5.75 Å². The van der Waals surface area contributed by atoms with E-state index >= 15 is 0 Å². The monoisotopic (exact) mass is 526 g/mol. The van der Waals surface area contributed by atoms with Crippen molar-refractivity contribution in [1.29, 1.82) is 0 Å². The number of nitrogens with one attached hydrogen (secondary N) is 1. The van der Waals surface area contributed by atoms with Gasteiger partial charge in [0, 0.05) is 55.2 Å². The highest BCUT2D eigenvalue weighted by Gasteiger charge is 2.56. The van der Waals surface area contributed by atoms with E-state index in [1.807, 2.05) is 6.07 Å². The average Bonchev–Trinajstić information content (AvgIpc) is 3.36. The molecule has 1 N–H and O–H groups in total. The Hall–Kier alpha value is -3.37. The van der Waals surface area contributed by atoms with Gasteiger partial charge in [-0.05, 0) is 47.1 Å². The normalized spacial score (nSPS) is 21.2. The molecule has 2 aromatic heterocycles. The summed E-state index contributed by atoms with van der Waals surface area (Å²) in [5.41, 5.74) is 4.98. The van der Waals surface area contributed by atoms with Gasteiger partial charge in [-0.3, -0.25) is 9.69 Å². The number of likely N-dealkylation sites (tertiary alicyclic amines) is 1. The number of piperidine rings is 1. The molecule has 1 amide bonds. The summed E-state index contributed by atoms with van der Waals surface area (Å²) in [7, 11) is 0. The van der Waals surface area contributed by atoms with Gasteiger partial charge in [0.05, 0.1) is 5.51 Å². The fraction of sp³-hybridized carbons (Fsp3) is 0.333. The molecule has 2 aromatic carbocycles. The topological polar surface area (TPSA) is 61.5 Å². The number of carbonyl (C=O) groups excluding carboxylic acids is 1. The Balaban J connectivity index is 1.12. The number of aromatic nitrogens is 2. The maximum absolute atomic E-state index is 13.3. The molecule has 1 saturated heterocycles. The predicted octanol–water partition coefficient (Wildman–Crippen LogP) is 5.54. The number of rotatable bonds is 8. The summed E-state index contributed by atoms with van der Waals surface area (Å²) >= 11 is 1.34. The molecule has 0 spiro atoms. The van der Waals surface area contributed by atoms with Crippen LogP contribution in [0.4, 0.5) is 13.2 Å². The number of aromatic amines is 1. The lowest BCUT2D eigenvalue weighted by Crippen LogP contribution is -2.35. The molecular formula is C27H25F3N4O2S. The summed E-state index contributed by atoms with van der Waals surface area (Å²) in [6, 6.07) is 14.1. The van der Waals surface area contributed by atoms with Crippen LogP contribution in [0.3, 0.4) is 0 Å². The minimum Gasteiger partial charge on any atom is -0.406 e. The third-order valence-electron chi connectivity index (χ3n) is 7.39. The molecule has 6 nitrogen and oxygen atoms in total. The zero-order valence-electron chi connectivity index (χ0n) is 19.8. The molecule has 2 atom stereocenters. The van der Waals surface area contributed by atoms with Gasteiger partial charge in [0.25, 0.3) is 5.91 Å². The Bertz CT molecular complexity index is 1390. The fourth-order valence-corrected chi connectivity index (χ4v) is 6.18. The van der Waals surface area contributed by atoms with Gasteiger partial charge in [-0.15, -0.1) is 24.5 Å². The van der Waals surface area contributed by atoms with Crippen LogP contribution in [0, 0.1) is 17.8 Å². The van der Waals surface area contributed by atoms with E-state index in [9.17, 15) is 18.0 Å². The maximum Gasteiger partial charge on any atom is 0.573 e. The number of thiazole rings is 1. The van der Waals surface area contributed by atoms with Gasteiger partial charge >= 0.3 is 6.36 Å². The van der Waals surface area contributed by atoms with Gasteiger partial charge < -0.3 is 14.6 Å². The van der Waals surface area contributed by atoms with Crippen LogP contribution in [-0.4, -0.2) is 51.7 Å². The molecule has 4 aromatic rings. The molecule has 3 heterocycles. The lowest BCUT2D eigenvalue weighted by molar-refractivity contribution is -0.274.